The molecule has 0 spiro atoms. The Morgan fingerprint density at radius 3 is 2.52 bits per heavy atom. The van der Waals surface area contributed by atoms with E-state index in [1.807, 2.05) is 0 Å². The summed E-state index contributed by atoms with van der Waals surface area (Å²) in [5, 5.41) is 0.337. The average Bonchev–Trinajstić information content (AvgIpc) is 3.03. The third kappa shape index (κ3) is 3.88. The number of piperidine rings is 1. The molecule has 2 aliphatic heterocycles. The molecule has 3 rings (SSSR count). The average molecular weight is 417 g/mol. The Bertz CT molecular complexity index is 806. The molecule has 2 heterocycles. The number of halogens is 1. The molecule has 2 fully saturated rings. The second-order valence-electron chi connectivity index (χ2n) is 7.23. The fourth-order valence-electron chi connectivity index (χ4n) is 3.73. The van der Waals surface area contributed by atoms with Crippen LogP contribution in [0.15, 0.2) is 23.1 Å². The van der Waals surface area contributed by atoms with Crippen LogP contribution in [-0.2, 0) is 14.8 Å². The van der Waals surface area contributed by atoms with E-state index in [4.69, 9.17) is 21.1 Å². The van der Waals surface area contributed by atoms with E-state index < -0.39 is 10.0 Å². The van der Waals surface area contributed by atoms with E-state index in [1.165, 1.54) is 17.5 Å². The Balaban J connectivity index is 1.75. The minimum Gasteiger partial charge on any atom is -0.495 e. The van der Waals surface area contributed by atoms with Crippen molar-refractivity contribution in [2.75, 3.05) is 26.8 Å². The van der Waals surface area contributed by atoms with Crippen LogP contribution < -0.4 is 4.74 Å². The first kappa shape index (κ1) is 20.2. The lowest BCUT2D eigenvalue weighted by Gasteiger charge is -2.38. The maximum absolute atomic E-state index is 13.1. The van der Waals surface area contributed by atoms with Crippen molar-refractivity contribution in [3.8, 4) is 5.75 Å². The highest BCUT2D eigenvalue weighted by atomic mass is 35.5. The standard InChI is InChI=1S/C18H25ClN2O5S/c1-12(2)15-11-26-18(22)21(15)14-6-8-20(9-7-14)27(23,24)17-10-13(19)4-5-16(17)25-3/h4-5,10,12,14-15H,6-9,11H2,1-3H3. The number of hydrogen-bond donors (Lipinski definition) is 0. The maximum atomic E-state index is 13.1. The summed E-state index contributed by atoms with van der Waals surface area (Å²) in [7, 11) is -2.30. The summed E-state index contributed by atoms with van der Waals surface area (Å²) in [4.78, 5) is 14.0. The molecule has 1 aromatic rings. The number of cyclic esters (lactones) is 1. The number of methoxy groups -OCH3 is 1. The van der Waals surface area contributed by atoms with E-state index in [2.05, 4.69) is 13.8 Å². The molecule has 2 saturated heterocycles. The lowest BCUT2D eigenvalue weighted by molar-refractivity contribution is 0.117. The van der Waals surface area contributed by atoms with Crippen LogP contribution in [0.3, 0.4) is 0 Å². The number of hydrogen-bond acceptors (Lipinski definition) is 5. The molecule has 1 atom stereocenters. The molecule has 27 heavy (non-hydrogen) atoms. The van der Waals surface area contributed by atoms with Crippen LogP contribution in [0.25, 0.3) is 0 Å². The van der Waals surface area contributed by atoms with Gasteiger partial charge in [-0.2, -0.15) is 4.31 Å². The molecule has 1 amide bonds. The molecule has 2 aliphatic rings. The molecule has 0 radical (unpaired) electrons. The predicted octanol–water partition coefficient (Wildman–Crippen LogP) is 2.98. The molecule has 150 valence electrons. The highest BCUT2D eigenvalue weighted by molar-refractivity contribution is 7.89. The van der Waals surface area contributed by atoms with E-state index in [0.29, 0.717) is 37.6 Å². The van der Waals surface area contributed by atoms with Gasteiger partial charge < -0.3 is 9.47 Å². The molecule has 0 aromatic heterocycles. The third-order valence-corrected chi connectivity index (χ3v) is 7.43. The summed E-state index contributed by atoms with van der Waals surface area (Å²) < 4.78 is 38.0. The lowest BCUT2D eigenvalue weighted by atomic mass is 9.98. The van der Waals surface area contributed by atoms with Crippen molar-refractivity contribution >= 4 is 27.7 Å². The van der Waals surface area contributed by atoms with Gasteiger partial charge in [0.05, 0.1) is 13.2 Å². The van der Waals surface area contributed by atoms with Crippen LogP contribution in [0.1, 0.15) is 26.7 Å². The summed E-state index contributed by atoms with van der Waals surface area (Å²) in [5.41, 5.74) is 0. The number of sulfonamides is 1. The Morgan fingerprint density at radius 2 is 1.93 bits per heavy atom. The number of nitrogens with zero attached hydrogens (tertiary/aromatic N) is 2. The van der Waals surface area contributed by atoms with Crippen molar-refractivity contribution in [3.63, 3.8) is 0 Å². The minimum absolute atomic E-state index is 0.0138. The van der Waals surface area contributed by atoms with Gasteiger partial charge in [0.2, 0.25) is 10.0 Å². The summed E-state index contributed by atoms with van der Waals surface area (Å²) in [6.45, 7) is 5.18. The second-order valence-corrected chi connectivity index (χ2v) is 9.57. The number of carbonyl (C=O) groups is 1. The van der Waals surface area contributed by atoms with Crippen LogP contribution in [0.2, 0.25) is 5.02 Å². The Morgan fingerprint density at radius 1 is 1.26 bits per heavy atom. The van der Waals surface area contributed by atoms with Crippen LogP contribution in [0.4, 0.5) is 4.79 Å². The molecule has 1 aromatic carbocycles. The number of benzene rings is 1. The van der Waals surface area contributed by atoms with Gasteiger partial charge in [-0.3, -0.25) is 4.90 Å². The van der Waals surface area contributed by atoms with Gasteiger partial charge in [0, 0.05) is 24.2 Å². The zero-order valence-electron chi connectivity index (χ0n) is 15.7. The minimum atomic E-state index is -3.73. The smallest absolute Gasteiger partial charge is 0.410 e. The van der Waals surface area contributed by atoms with Gasteiger partial charge in [0.15, 0.2) is 0 Å². The topological polar surface area (TPSA) is 76.2 Å². The molecular weight excluding hydrogens is 392 g/mol. The molecule has 0 saturated carbocycles. The fraction of sp³-hybridized carbons (Fsp3) is 0.611. The van der Waals surface area contributed by atoms with Crippen LogP contribution >= 0.6 is 11.6 Å². The predicted molar refractivity (Wildman–Crippen MR) is 102 cm³/mol. The van der Waals surface area contributed by atoms with Crippen LogP contribution in [0, 0.1) is 5.92 Å². The highest BCUT2D eigenvalue weighted by Gasteiger charge is 2.42. The van der Waals surface area contributed by atoms with Gasteiger partial charge in [0.25, 0.3) is 0 Å². The zero-order chi connectivity index (χ0) is 19.8. The van der Waals surface area contributed by atoms with Gasteiger partial charge in [-0.15, -0.1) is 0 Å². The molecule has 0 bridgehead atoms. The molecule has 7 nitrogen and oxygen atoms in total. The van der Waals surface area contributed by atoms with Crippen LogP contribution in [-0.4, -0.2) is 62.6 Å². The van der Waals surface area contributed by atoms with Crippen molar-refractivity contribution in [3.05, 3.63) is 23.2 Å². The molecule has 9 heteroatoms. The van der Waals surface area contributed by atoms with Crippen molar-refractivity contribution in [1.82, 2.24) is 9.21 Å². The second kappa shape index (κ2) is 7.85. The number of ether oxygens (including phenoxy) is 2. The summed E-state index contributed by atoms with van der Waals surface area (Å²) in [6, 6.07) is 4.58. The largest absolute Gasteiger partial charge is 0.495 e. The third-order valence-electron chi connectivity index (χ3n) is 5.28. The first-order chi connectivity index (χ1) is 12.8. The summed E-state index contributed by atoms with van der Waals surface area (Å²) in [5.74, 6) is 0.554. The number of carbonyl (C=O) groups excluding carboxylic acids is 1. The van der Waals surface area contributed by atoms with E-state index >= 15 is 0 Å². The fourth-order valence-corrected chi connectivity index (χ4v) is 5.62. The highest BCUT2D eigenvalue weighted by Crippen LogP contribution is 2.33. The first-order valence-electron chi connectivity index (χ1n) is 9.04. The van der Waals surface area contributed by atoms with Crippen molar-refractivity contribution in [2.45, 2.75) is 43.7 Å². The van der Waals surface area contributed by atoms with Crippen molar-refractivity contribution in [2.24, 2.45) is 5.92 Å². The number of amides is 1. The van der Waals surface area contributed by atoms with Gasteiger partial charge in [-0.05, 0) is 37.0 Å². The zero-order valence-corrected chi connectivity index (χ0v) is 17.3. The molecule has 0 aliphatic carbocycles. The summed E-state index contributed by atoms with van der Waals surface area (Å²) >= 11 is 5.99. The Kier molecular flexibility index (Phi) is 5.88. The number of rotatable bonds is 5. The van der Waals surface area contributed by atoms with Gasteiger partial charge in [-0.25, -0.2) is 13.2 Å². The molecular formula is C18H25ClN2O5S. The molecule has 1 unspecified atom stereocenters. The van der Waals surface area contributed by atoms with Gasteiger partial charge in [0.1, 0.15) is 17.3 Å². The van der Waals surface area contributed by atoms with Crippen LogP contribution in [0.5, 0.6) is 5.75 Å². The van der Waals surface area contributed by atoms with Crippen molar-refractivity contribution < 1.29 is 22.7 Å². The quantitative estimate of drug-likeness (QED) is 0.737. The normalized spacial score (nSPS) is 22.3. The maximum Gasteiger partial charge on any atom is 0.410 e. The van der Waals surface area contributed by atoms with Gasteiger partial charge >= 0.3 is 6.09 Å². The van der Waals surface area contributed by atoms with E-state index in [0.717, 1.165) is 0 Å². The Labute approximate surface area is 165 Å². The van der Waals surface area contributed by atoms with Crippen molar-refractivity contribution in [1.29, 1.82) is 0 Å². The first-order valence-corrected chi connectivity index (χ1v) is 10.9. The van der Waals surface area contributed by atoms with E-state index in [1.54, 1.807) is 17.0 Å². The lowest BCUT2D eigenvalue weighted by Crippen LogP contribution is -2.50. The summed E-state index contributed by atoms with van der Waals surface area (Å²) in [6.07, 6.45) is 0.840. The van der Waals surface area contributed by atoms with Gasteiger partial charge in [-0.1, -0.05) is 25.4 Å². The van der Waals surface area contributed by atoms with E-state index in [-0.39, 0.29) is 34.7 Å². The van der Waals surface area contributed by atoms with E-state index in [9.17, 15) is 13.2 Å². The Hall–Kier alpha value is -1.51. The molecule has 0 N–H and O–H groups in total. The SMILES string of the molecule is COc1ccc(Cl)cc1S(=O)(=O)N1CCC(N2C(=O)OCC2C(C)C)CC1. The monoisotopic (exact) mass is 416 g/mol.